The molecule has 0 saturated carbocycles. The Morgan fingerprint density at radius 3 is 2.54 bits per heavy atom. The van der Waals surface area contributed by atoms with Crippen LogP contribution in [0.15, 0.2) is 54.6 Å². The van der Waals surface area contributed by atoms with Gasteiger partial charge in [-0.1, -0.05) is 56.3 Å². The molecule has 1 aliphatic heterocycles. The number of benzene rings is 2. The van der Waals surface area contributed by atoms with Gasteiger partial charge in [0.05, 0.1) is 11.2 Å². The van der Waals surface area contributed by atoms with E-state index in [0.717, 1.165) is 28.2 Å². The van der Waals surface area contributed by atoms with Gasteiger partial charge in [0.15, 0.2) is 0 Å². The van der Waals surface area contributed by atoms with Crippen LogP contribution in [-0.2, 0) is 0 Å². The van der Waals surface area contributed by atoms with Crippen LogP contribution >= 0.6 is 0 Å². The lowest BCUT2D eigenvalue weighted by molar-refractivity contribution is 0.155. The molecule has 1 aromatic heterocycles. The van der Waals surface area contributed by atoms with Gasteiger partial charge in [-0.05, 0) is 25.0 Å². The summed E-state index contributed by atoms with van der Waals surface area (Å²) in [4.78, 5) is 9.50. The first kappa shape index (κ1) is 15.6. The molecule has 2 aromatic carbocycles. The minimum absolute atomic E-state index is 0.146. The van der Waals surface area contributed by atoms with Crippen molar-refractivity contribution in [1.82, 2.24) is 9.97 Å². The SMILES string of the molecule is Cc1nc(C2C=C3c4ccccc4OC3C(C)C2C)c2ccccc2n1. The highest BCUT2D eigenvalue weighted by Gasteiger charge is 2.42. The van der Waals surface area contributed by atoms with Gasteiger partial charge >= 0.3 is 0 Å². The Hall–Kier alpha value is -2.68. The average molecular weight is 342 g/mol. The highest BCUT2D eigenvalue weighted by Crippen LogP contribution is 2.50. The van der Waals surface area contributed by atoms with Crippen molar-refractivity contribution in [2.45, 2.75) is 32.8 Å². The van der Waals surface area contributed by atoms with Crippen molar-refractivity contribution in [3.63, 3.8) is 0 Å². The number of allylic oxidation sites excluding steroid dienone is 1. The van der Waals surface area contributed by atoms with Crippen molar-refractivity contribution in [1.29, 1.82) is 0 Å². The molecule has 0 amide bonds. The van der Waals surface area contributed by atoms with Crippen LogP contribution in [0.25, 0.3) is 16.5 Å². The lowest BCUT2D eigenvalue weighted by Gasteiger charge is -2.36. The Bertz CT molecular complexity index is 1040. The number of hydrogen-bond donors (Lipinski definition) is 0. The third-order valence-electron chi connectivity index (χ3n) is 6.05. The second-order valence-corrected chi connectivity index (χ2v) is 7.57. The van der Waals surface area contributed by atoms with Gasteiger partial charge < -0.3 is 4.74 Å². The molecule has 0 bridgehead atoms. The van der Waals surface area contributed by atoms with E-state index < -0.39 is 0 Å². The van der Waals surface area contributed by atoms with E-state index in [1.807, 2.05) is 19.1 Å². The predicted octanol–water partition coefficient (Wildman–Crippen LogP) is 5.15. The number of fused-ring (bicyclic) bond motifs is 4. The fourth-order valence-electron chi connectivity index (χ4n) is 4.49. The maximum Gasteiger partial charge on any atom is 0.127 e. The Balaban J connectivity index is 1.72. The summed E-state index contributed by atoms with van der Waals surface area (Å²) >= 11 is 0. The highest BCUT2D eigenvalue weighted by atomic mass is 16.5. The smallest absolute Gasteiger partial charge is 0.127 e. The number of aromatic nitrogens is 2. The molecule has 0 N–H and O–H groups in total. The first-order valence-electron chi connectivity index (χ1n) is 9.34. The summed E-state index contributed by atoms with van der Waals surface area (Å²) in [6.45, 7) is 6.61. The first-order valence-corrected chi connectivity index (χ1v) is 9.34. The molecule has 0 fully saturated rings. The van der Waals surface area contributed by atoms with Gasteiger partial charge in [-0.15, -0.1) is 0 Å². The van der Waals surface area contributed by atoms with Crippen molar-refractivity contribution < 1.29 is 4.74 Å². The number of para-hydroxylation sites is 2. The average Bonchev–Trinajstić information content (AvgIpc) is 3.03. The van der Waals surface area contributed by atoms with Gasteiger partial charge in [0.1, 0.15) is 17.7 Å². The standard InChI is InChI=1S/C23H22N2O/c1-13-14(2)23-19(16-8-5-7-11-21(16)26-23)12-18(13)22-17-9-4-6-10-20(17)24-15(3)25-22/h4-14,18,23H,1-3H3. The molecule has 4 atom stereocenters. The van der Waals surface area contributed by atoms with Crippen LogP contribution in [0.1, 0.15) is 36.8 Å². The van der Waals surface area contributed by atoms with E-state index in [4.69, 9.17) is 9.72 Å². The van der Waals surface area contributed by atoms with Crippen LogP contribution in [0.5, 0.6) is 5.75 Å². The van der Waals surface area contributed by atoms with E-state index in [0.29, 0.717) is 11.8 Å². The summed E-state index contributed by atoms with van der Waals surface area (Å²) in [6.07, 6.45) is 2.54. The maximum atomic E-state index is 6.29. The minimum atomic E-state index is 0.146. The zero-order valence-electron chi connectivity index (χ0n) is 15.3. The third-order valence-corrected chi connectivity index (χ3v) is 6.05. The monoisotopic (exact) mass is 342 g/mol. The number of ether oxygens (including phenoxy) is 1. The van der Waals surface area contributed by atoms with Crippen LogP contribution in [-0.4, -0.2) is 16.1 Å². The molecule has 3 heteroatoms. The van der Waals surface area contributed by atoms with Gasteiger partial charge in [-0.2, -0.15) is 0 Å². The number of nitrogens with zero attached hydrogens (tertiary/aromatic N) is 2. The summed E-state index contributed by atoms with van der Waals surface area (Å²) in [5.74, 6) is 2.96. The molecule has 130 valence electrons. The van der Waals surface area contributed by atoms with Crippen molar-refractivity contribution in [3.05, 3.63) is 71.7 Å². The molecular weight excluding hydrogens is 320 g/mol. The van der Waals surface area contributed by atoms with Crippen molar-refractivity contribution in [2.24, 2.45) is 11.8 Å². The highest BCUT2D eigenvalue weighted by molar-refractivity contribution is 5.84. The lowest BCUT2D eigenvalue weighted by Crippen LogP contribution is -2.34. The molecule has 3 aromatic rings. The quantitative estimate of drug-likeness (QED) is 0.613. The van der Waals surface area contributed by atoms with Gasteiger partial charge in [0.2, 0.25) is 0 Å². The molecule has 0 radical (unpaired) electrons. The largest absolute Gasteiger partial charge is 0.485 e. The summed E-state index contributed by atoms with van der Waals surface area (Å²) in [5.41, 5.74) is 4.72. The van der Waals surface area contributed by atoms with E-state index in [1.165, 1.54) is 11.1 Å². The van der Waals surface area contributed by atoms with Crippen LogP contribution in [0.4, 0.5) is 0 Å². The predicted molar refractivity (Wildman–Crippen MR) is 104 cm³/mol. The van der Waals surface area contributed by atoms with Crippen LogP contribution in [0, 0.1) is 18.8 Å². The summed E-state index contributed by atoms with van der Waals surface area (Å²) in [7, 11) is 0. The molecule has 1 aliphatic carbocycles. The lowest BCUT2D eigenvalue weighted by atomic mass is 9.71. The van der Waals surface area contributed by atoms with Crippen molar-refractivity contribution in [2.75, 3.05) is 0 Å². The molecule has 0 saturated heterocycles. The first-order chi connectivity index (χ1) is 12.6. The molecule has 5 rings (SSSR count). The fourth-order valence-corrected chi connectivity index (χ4v) is 4.49. The Labute approximate surface area is 153 Å². The van der Waals surface area contributed by atoms with Gasteiger partial charge in [0.25, 0.3) is 0 Å². The number of aryl methyl sites for hydroxylation is 1. The zero-order chi connectivity index (χ0) is 17.8. The van der Waals surface area contributed by atoms with E-state index in [-0.39, 0.29) is 12.0 Å². The van der Waals surface area contributed by atoms with Crippen LogP contribution in [0.3, 0.4) is 0 Å². The van der Waals surface area contributed by atoms with Gasteiger partial charge in [-0.25, -0.2) is 9.97 Å². The Morgan fingerprint density at radius 1 is 0.885 bits per heavy atom. The summed E-state index contributed by atoms with van der Waals surface area (Å²) in [5, 5.41) is 1.16. The normalized spacial score (nSPS) is 26.8. The number of rotatable bonds is 1. The molecule has 0 spiro atoms. The number of hydrogen-bond acceptors (Lipinski definition) is 3. The fraction of sp³-hybridized carbons (Fsp3) is 0.304. The van der Waals surface area contributed by atoms with Crippen molar-refractivity contribution >= 4 is 16.5 Å². The van der Waals surface area contributed by atoms with Gasteiger partial charge in [0, 0.05) is 28.4 Å². The van der Waals surface area contributed by atoms with E-state index in [1.54, 1.807) is 0 Å². The maximum absolute atomic E-state index is 6.29. The van der Waals surface area contributed by atoms with Crippen LogP contribution < -0.4 is 4.74 Å². The Kier molecular flexibility index (Phi) is 3.39. The van der Waals surface area contributed by atoms with E-state index in [2.05, 4.69) is 61.3 Å². The van der Waals surface area contributed by atoms with E-state index >= 15 is 0 Å². The van der Waals surface area contributed by atoms with Crippen LogP contribution in [0.2, 0.25) is 0 Å². The molecule has 2 aliphatic rings. The minimum Gasteiger partial charge on any atom is -0.485 e. The third kappa shape index (κ3) is 2.20. The molecule has 4 unspecified atom stereocenters. The second-order valence-electron chi connectivity index (χ2n) is 7.57. The Morgan fingerprint density at radius 2 is 1.65 bits per heavy atom. The molecule has 2 heterocycles. The van der Waals surface area contributed by atoms with Crippen molar-refractivity contribution in [3.8, 4) is 5.75 Å². The summed E-state index contributed by atoms with van der Waals surface area (Å²) in [6, 6.07) is 16.7. The molecular formula is C23H22N2O. The van der Waals surface area contributed by atoms with E-state index in [9.17, 15) is 0 Å². The zero-order valence-corrected chi connectivity index (χ0v) is 15.3. The molecule has 26 heavy (non-hydrogen) atoms. The second kappa shape index (κ2) is 5.66. The summed E-state index contributed by atoms with van der Waals surface area (Å²) < 4.78 is 6.29. The van der Waals surface area contributed by atoms with Gasteiger partial charge in [-0.3, -0.25) is 0 Å². The topological polar surface area (TPSA) is 35.0 Å². The molecule has 3 nitrogen and oxygen atoms in total.